The molecule has 1 aromatic carbocycles. The van der Waals surface area contributed by atoms with Crippen molar-refractivity contribution >= 4 is 16.9 Å². The smallest absolute Gasteiger partial charge is 0.336 e. The van der Waals surface area contributed by atoms with Crippen molar-refractivity contribution in [2.24, 2.45) is 0 Å². The number of fused-ring (bicyclic) bond motifs is 1. The lowest BCUT2D eigenvalue weighted by molar-refractivity contribution is -0.120. The predicted octanol–water partition coefficient (Wildman–Crippen LogP) is 1.14. The molecule has 6 nitrogen and oxygen atoms in total. The molecule has 1 unspecified atom stereocenters. The molecule has 1 amide bonds. The van der Waals surface area contributed by atoms with Crippen LogP contribution in [0.15, 0.2) is 33.5 Å². The molecule has 0 saturated carbocycles. The Morgan fingerprint density at radius 3 is 3.04 bits per heavy atom. The number of amides is 1. The number of aryl methyl sites for hydroxylation is 1. The van der Waals surface area contributed by atoms with E-state index in [1.807, 2.05) is 25.1 Å². The predicted molar refractivity (Wildman–Crippen MR) is 91.2 cm³/mol. The van der Waals surface area contributed by atoms with Gasteiger partial charge in [0.25, 0.3) is 0 Å². The van der Waals surface area contributed by atoms with Gasteiger partial charge < -0.3 is 19.8 Å². The van der Waals surface area contributed by atoms with Gasteiger partial charge in [0.15, 0.2) is 0 Å². The summed E-state index contributed by atoms with van der Waals surface area (Å²) in [7, 11) is 0. The van der Waals surface area contributed by atoms with Gasteiger partial charge in [0.05, 0.1) is 19.6 Å². The number of carbonyl (C=O) groups excluding carboxylic acids is 1. The standard InChI is InChI=1S/C18H22N2O4/c1-12-2-3-15-13(10-18(22)24-16(15)8-12)9-17(21)20-5-4-14-11-23-7-6-19-14/h2-3,8,10,14,19H,4-7,9,11H2,1H3,(H,20,21). The normalized spacial score (nSPS) is 17.8. The fraction of sp³-hybridized carbons (Fsp3) is 0.444. The third kappa shape index (κ3) is 4.21. The Labute approximate surface area is 140 Å². The lowest BCUT2D eigenvalue weighted by Crippen LogP contribution is -2.43. The molecule has 1 aliphatic rings. The zero-order valence-electron chi connectivity index (χ0n) is 13.8. The molecule has 1 aromatic heterocycles. The van der Waals surface area contributed by atoms with Crippen molar-refractivity contribution in [3.05, 3.63) is 45.8 Å². The number of morpholine rings is 1. The molecule has 2 N–H and O–H groups in total. The number of nitrogens with one attached hydrogen (secondary N) is 2. The monoisotopic (exact) mass is 330 g/mol. The molecule has 1 atom stereocenters. The highest BCUT2D eigenvalue weighted by atomic mass is 16.5. The molecule has 2 heterocycles. The summed E-state index contributed by atoms with van der Waals surface area (Å²) in [4.78, 5) is 23.9. The molecule has 1 saturated heterocycles. The second-order valence-corrected chi connectivity index (χ2v) is 6.13. The minimum absolute atomic E-state index is 0.0980. The van der Waals surface area contributed by atoms with Crippen molar-refractivity contribution < 1.29 is 13.9 Å². The van der Waals surface area contributed by atoms with E-state index in [4.69, 9.17) is 9.15 Å². The number of rotatable bonds is 5. The number of ether oxygens (including phenoxy) is 1. The Morgan fingerprint density at radius 2 is 2.25 bits per heavy atom. The van der Waals surface area contributed by atoms with E-state index in [0.29, 0.717) is 24.3 Å². The average molecular weight is 330 g/mol. The van der Waals surface area contributed by atoms with Crippen molar-refractivity contribution in [3.8, 4) is 0 Å². The Kier molecular flexibility index (Phi) is 5.27. The molecule has 0 spiro atoms. The van der Waals surface area contributed by atoms with Crippen LogP contribution in [0.2, 0.25) is 0 Å². The summed E-state index contributed by atoms with van der Waals surface area (Å²) in [5.41, 5.74) is 1.79. The summed E-state index contributed by atoms with van der Waals surface area (Å²) < 4.78 is 10.6. The third-order valence-electron chi connectivity index (χ3n) is 4.15. The van der Waals surface area contributed by atoms with Crippen LogP contribution in [0.5, 0.6) is 0 Å². The maximum Gasteiger partial charge on any atom is 0.336 e. The van der Waals surface area contributed by atoms with Gasteiger partial charge in [-0.1, -0.05) is 12.1 Å². The van der Waals surface area contributed by atoms with Crippen LogP contribution in [0.4, 0.5) is 0 Å². The van der Waals surface area contributed by atoms with Crippen LogP contribution in [-0.4, -0.2) is 38.3 Å². The molecule has 1 aliphatic heterocycles. The van der Waals surface area contributed by atoms with Gasteiger partial charge in [0, 0.05) is 30.6 Å². The van der Waals surface area contributed by atoms with E-state index < -0.39 is 5.63 Å². The number of benzene rings is 1. The molecule has 2 aromatic rings. The van der Waals surface area contributed by atoms with E-state index in [1.165, 1.54) is 6.07 Å². The van der Waals surface area contributed by atoms with Crippen LogP contribution >= 0.6 is 0 Å². The van der Waals surface area contributed by atoms with Crippen LogP contribution in [0.25, 0.3) is 11.0 Å². The number of carbonyl (C=O) groups is 1. The highest BCUT2D eigenvalue weighted by molar-refractivity contribution is 5.87. The van der Waals surface area contributed by atoms with E-state index in [-0.39, 0.29) is 18.4 Å². The first-order valence-corrected chi connectivity index (χ1v) is 8.23. The van der Waals surface area contributed by atoms with Crippen LogP contribution in [0.1, 0.15) is 17.5 Å². The van der Waals surface area contributed by atoms with E-state index >= 15 is 0 Å². The lowest BCUT2D eigenvalue weighted by Gasteiger charge is -2.23. The molecule has 3 rings (SSSR count). The minimum atomic E-state index is -0.431. The van der Waals surface area contributed by atoms with Gasteiger partial charge in [0.1, 0.15) is 5.58 Å². The third-order valence-corrected chi connectivity index (χ3v) is 4.15. The van der Waals surface area contributed by atoms with E-state index in [0.717, 1.165) is 30.5 Å². The van der Waals surface area contributed by atoms with Gasteiger partial charge >= 0.3 is 5.63 Å². The van der Waals surface area contributed by atoms with Crippen molar-refractivity contribution in [2.75, 3.05) is 26.3 Å². The van der Waals surface area contributed by atoms with Crippen LogP contribution in [0, 0.1) is 6.92 Å². The van der Waals surface area contributed by atoms with Gasteiger partial charge in [-0.15, -0.1) is 0 Å². The number of hydrogen-bond donors (Lipinski definition) is 2. The van der Waals surface area contributed by atoms with Crippen molar-refractivity contribution in [2.45, 2.75) is 25.8 Å². The summed E-state index contributed by atoms with van der Waals surface area (Å²) in [6.07, 6.45) is 0.988. The SMILES string of the molecule is Cc1ccc2c(CC(=O)NCCC3COCCN3)cc(=O)oc2c1. The molecule has 0 radical (unpaired) electrons. The molecule has 24 heavy (non-hydrogen) atoms. The Hall–Kier alpha value is -2.18. The fourth-order valence-electron chi connectivity index (χ4n) is 2.91. The number of hydrogen-bond acceptors (Lipinski definition) is 5. The Morgan fingerprint density at radius 1 is 1.38 bits per heavy atom. The van der Waals surface area contributed by atoms with Gasteiger partial charge in [-0.2, -0.15) is 0 Å². The van der Waals surface area contributed by atoms with Gasteiger partial charge in [0.2, 0.25) is 5.91 Å². The summed E-state index contributed by atoms with van der Waals surface area (Å²) >= 11 is 0. The van der Waals surface area contributed by atoms with Crippen LogP contribution in [-0.2, 0) is 16.0 Å². The van der Waals surface area contributed by atoms with E-state index in [1.54, 1.807) is 0 Å². The minimum Gasteiger partial charge on any atom is -0.423 e. The zero-order valence-corrected chi connectivity index (χ0v) is 13.8. The van der Waals surface area contributed by atoms with Gasteiger partial charge in [-0.3, -0.25) is 4.79 Å². The second-order valence-electron chi connectivity index (χ2n) is 6.13. The van der Waals surface area contributed by atoms with Crippen LogP contribution < -0.4 is 16.3 Å². The van der Waals surface area contributed by atoms with Crippen molar-refractivity contribution in [3.63, 3.8) is 0 Å². The van der Waals surface area contributed by atoms with Crippen molar-refractivity contribution in [1.82, 2.24) is 10.6 Å². The highest BCUT2D eigenvalue weighted by Crippen LogP contribution is 2.18. The first-order chi connectivity index (χ1) is 11.6. The van der Waals surface area contributed by atoms with Crippen LogP contribution in [0.3, 0.4) is 0 Å². The Balaban J connectivity index is 1.61. The molecular weight excluding hydrogens is 308 g/mol. The quantitative estimate of drug-likeness (QED) is 0.804. The summed E-state index contributed by atoms with van der Waals surface area (Å²) in [6.45, 7) is 4.79. The summed E-state index contributed by atoms with van der Waals surface area (Å²) in [5.74, 6) is -0.0980. The van der Waals surface area contributed by atoms with Crippen molar-refractivity contribution in [1.29, 1.82) is 0 Å². The molecular formula is C18H22N2O4. The average Bonchev–Trinajstić information content (AvgIpc) is 2.55. The molecule has 128 valence electrons. The van der Waals surface area contributed by atoms with Gasteiger partial charge in [-0.05, 0) is 30.5 Å². The van der Waals surface area contributed by atoms with E-state index in [2.05, 4.69) is 10.6 Å². The molecule has 0 aliphatic carbocycles. The summed E-state index contributed by atoms with van der Waals surface area (Å²) in [6, 6.07) is 7.32. The fourth-order valence-corrected chi connectivity index (χ4v) is 2.91. The Bertz CT molecular complexity index is 778. The second kappa shape index (κ2) is 7.59. The largest absolute Gasteiger partial charge is 0.423 e. The molecule has 0 bridgehead atoms. The first-order valence-electron chi connectivity index (χ1n) is 8.23. The zero-order chi connectivity index (χ0) is 16.9. The summed E-state index contributed by atoms with van der Waals surface area (Å²) in [5, 5.41) is 7.06. The highest BCUT2D eigenvalue weighted by Gasteiger charge is 2.14. The molecule has 6 heteroatoms. The topological polar surface area (TPSA) is 80.6 Å². The van der Waals surface area contributed by atoms with E-state index in [9.17, 15) is 9.59 Å². The maximum absolute atomic E-state index is 12.2. The van der Waals surface area contributed by atoms with Gasteiger partial charge in [-0.25, -0.2) is 4.79 Å². The lowest BCUT2D eigenvalue weighted by atomic mass is 10.1. The first kappa shape index (κ1) is 16.7. The molecule has 1 fully saturated rings. The maximum atomic E-state index is 12.2.